The first-order chi connectivity index (χ1) is 15.2. The van der Waals surface area contributed by atoms with Gasteiger partial charge in [-0.05, 0) is 44.4 Å². The summed E-state index contributed by atoms with van der Waals surface area (Å²) in [5.41, 5.74) is 4.76. The van der Waals surface area contributed by atoms with Crippen molar-refractivity contribution >= 4 is 55.2 Å². The average molecular weight is 515 g/mol. The number of halogens is 2. The van der Waals surface area contributed by atoms with Crippen molar-refractivity contribution in [2.24, 2.45) is 14.1 Å². The van der Waals surface area contributed by atoms with Crippen molar-refractivity contribution in [2.45, 2.75) is 0 Å². The van der Waals surface area contributed by atoms with Crippen LogP contribution >= 0.6 is 27.5 Å². The number of rotatable bonds is 5. The maximum atomic E-state index is 13.5. The Bertz CT molecular complexity index is 1350. The van der Waals surface area contributed by atoms with Gasteiger partial charge < -0.3 is 14.4 Å². The Morgan fingerprint density at radius 3 is 2.53 bits per heavy atom. The zero-order valence-electron chi connectivity index (χ0n) is 19.0. The van der Waals surface area contributed by atoms with Gasteiger partial charge in [-0.2, -0.15) is 4.57 Å². The van der Waals surface area contributed by atoms with Gasteiger partial charge in [-0.1, -0.05) is 27.5 Å². The molecule has 32 heavy (non-hydrogen) atoms. The van der Waals surface area contributed by atoms with Crippen molar-refractivity contribution in [1.82, 2.24) is 14.4 Å². The fourth-order valence-electron chi connectivity index (χ4n) is 4.11. The SMILES string of the molecule is CN(C)CCN(C)C(=O)c1cc(-c2cn(C)c3ccc(Br)cc23)[n+](C)c2cc(Cl)ccc12. The van der Waals surface area contributed by atoms with Crippen LogP contribution in [0, 0.1) is 0 Å². The van der Waals surface area contributed by atoms with Gasteiger partial charge >= 0.3 is 0 Å². The molecule has 0 aliphatic rings. The van der Waals surface area contributed by atoms with Gasteiger partial charge in [0, 0.05) is 65.9 Å². The summed E-state index contributed by atoms with van der Waals surface area (Å²) in [6, 6.07) is 14.0. The van der Waals surface area contributed by atoms with Gasteiger partial charge in [0.25, 0.3) is 5.91 Å². The van der Waals surface area contributed by atoms with Crippen molar-refractivity contribution in [1.29, 1.82) is 0 Å². The van der Waals surface area contributed by atoms with Crippen LogP contribution in [0.1, 0.15) is 10.4 Å². The minimum atomic E-state index is 0.00226. The molecular weight excluding hydrogens is 488 g/mol. The van der Waals surface area contributed by atoms with Crippen LogP contribution in [-0.2, 0) is 14.1 Å². The van der Waals surface area contributed by atoms with Gasteiger partial charge in [0.1, 0.15) is 7.05 Å². The molecule has 4 aromatic rings. The van der Waals surface area contributed by atoms with E-state index >= 15 is 0 Å². The lowest BCUT2D eigenvalue weighted by Gasteiger charge is -2.20. The number of fused-ring (bicyclic) bond motifs is 2. The first-order valence-corrected chi connectivity index (χ1v) is 11.6. The third-order valence-electron chi connectivity index (χ3n) is 5.94. The third kappa shape index (κ3) is 4.15. The van der Waals surface area contributed by atoms with Crippen LogP contribution in [0.2, 0.25) is 5.02 Å². The number of carbonyl (C=O) groups is 1. The largest absolute Gasteiger partial charge is 0.350 e. The number of nitrogens with zero attached hydrogens (tertiary/aromatic N) is 4. The van der Waals surface area contributed by atoms with Crippen LogP contribution in [0.15, 0.2) is 53.1 Å². The van der Waals surface area contributed by atoms with Crippen LogP contribution in [0.3, 0.4) is 0 Å². The molecule has 0 spiro atoms. The van der Waals surface area contributed by atoms with Gasteiger partial charge in [0.2, 0.25) is 11.2 Å². The second kappa shape index (κ2) is 8.85. The fourth-order valence-corrected chi connectivity index (χ4v) is 4.64. The monoisotopic (exact) mass is 513 g/mol. The molecule has 0 unspecified atom stereocenters. The normalized spacial score (nSPS) is 11.6. The van der Waals surface area contributed by atoms with E-state index in [4.69, 9.17) is 11.6 Å². The number of aryl methyl sites for hydroxylation is 2. The molecule has 0 saturated heterocycles. The van der Waals surface area contributed by atoms with Crippen LogP contribution in [0.5, 0.6) is 0 Å². The lowest BCUT2D eigenvalue weighted by molar-refractivity contribution is -0.633. The highest BCUT2D eigenvalue weighted by molar-refractivity contribution is 9.10. The Kier molecular flexibility index (Phi) is 6.30. The molecule has 4 rings (SSSR count). The van der Waals surface area contributed by atoms with E-state index < -0.39 is 0 Å². The number of amides is 1. The summed E-state index contributed by atoms with van der Waals surface area (Å²) in [7, 11) is 9.94. The van der Waals surface area contributed by atoms with E-state index in [0.717, 1.165) is 44.1 Å². The van der Waals surface area contributed by atoms with Gasteiger partial charge in [-0.25, -0.2) is 0 Å². The first kappa shape index (κ1) is 22.8. The highest BCUT2D eigenvalue weighted by atomic mass is 79.9. The quantitative estimate of drug-likeness (QED) is 0.356. The predicted octanol–water partition coefficient (Wildman–Crippen LogP) is 4.87. The van der Waals surface area contributed by atoms with E-state index in [2.05, 4.69) is 48.3 Å². The smallest absolute Gasteiger partial charge is 0.254 e. The molecule has 0 aliphatic heterocycles. The Hall–Kier alpha value is -2.41. The number of hydrogen-bond acceptors (Lipinski definition) is 2. The van der Waals surface area contributed by atoms with Crippen LogP contribution < -0.4 is 4.57 Å². The number of hydrogen-bond donors (Lipinski definition) is 0. The van der Waals surface area contributed by atoms with Crippen LogP contribution in [-0.4, -0.2) is 54.5 Å². The Balaban J connectivity index is 1.96. The van der Waals surface area contributed by atoms with Crippen molar-refractivity contribution in [3.8, 4) is 11.3 Å². The molecule has 5 nitrogen and oxygen atoms in total. The van der Waals surface area contributed by atoms with Crippen molar-refractivity contribution in [3.63, 3.8) is 0 Å². The van der Waals surface area contributed by atoms with Gasteiger partial charge in [-0.15, -0.1) is 0 Å². The molecular formula is C25H27BrClN4O+. The highest BCUT2D eigenvalue weighted by Gasteiger charge is 2.26. The second-order valence-electron chi connectivity index (χ2n) is 8.51. The number of likely N-dealkylation sites (N-methyl/N-ethyl adjacent to an activating group) is 2. The maximum absolute atomic E-state index is 13.5. The highest BCUT2D eigenvalue weighted by Crippen LogP contribution is 2.33. The number of pyridine rings is 1. The molecule has 7 heteroatoms. The Morgan fingerprint density at radius 2 is 1.81 bits per heavy atom. The summed E-state index contributed by atoms with van der Waals surface area (Å²) < 4.78 is 5.25. The first-order valence-electron chi connectivity index (χ1n) is 10.4. The molecule has 2 aromatic carbocycles. The summed E-state index contributed by atoms with van der Waals surface area (Å²) in [4.78, 5) is 17.4. The number of benzene rings is 2. The molecule has 2 aromatic heterocycles. The summed E-state index contributed by atoms with van der Waals surface area (Å²) in [5, 5.41) is 2.66. The van der Waals surface area contributed by atoms with Crippen molar-refractivity contribution in [3.05, 3.63) is 63.7 Å². The van der Waals surface area contributed by atoms with Gasteiger partial charge in [-0.3, -0.25) is 4.79 Å². The molecule has 0 radical (unpaired) electrons. The molecule has 0 N–H and O–H groups in total. The molecule has 166 valence electrons. The van der Waals surface area contributed by atoms with Gasteiger partial charge in [0.05, 0.1) is 16.5 Å². The number of aromatic nitrogens is 2. The summed E-state index contributed by atoms with van der Waals surface area (Å²) in [6.45, 7) is 1.45. The summed E-state index contributed by atoms with van der Waals surface area (Å²) in [5.74, 6) is 0.00226. The van der Waals surface area contributed by atoms with Crippen LogP contribution in [0.4, 0.5) is 0 Å². The zero-order chi connectivity index (χ0) is 23.2. The summed E-state index contributed by atoms with van der Waals surface area (Å²) >= 11 is 9.97. The minimum Gasteiger partial charge on any atom is -0.350 e. The second-order valence-corrected chi connectivity index (χ2v) is 9.86. The average Bonchev–Trinajstić information content (AvgIpc) is 3.07. The topological polar surface area (TPSA) is 32.4 Å². The van der Waals surface area contributed by atoms with E-state index in [1.165, 1.54) is 0 Å². The fraction of sp³-hybridized carbons (Fsp3) is 0.280. The molecule has 0 atom stereocenters. The van der Waals surface area contributed by atoms with Crippen molar-refractivity contribution < 1.29 is 9.36 Å². The Labute approximate surface area is 201 Å². The minimum absolute atomic E-state index is 0.00226. The van der Waals surface area contributed by atoms with E-state index in [9.17, 15) is 4.79 Å². The number of carbonyl (C=O) groups excluding carboxylic acids is 1. The molecule has 2 heterocycles. The summed E-state index contributed by atoms with van der Waals surface area (Å²) in [6.07, 6.45) is 2.12. The maximum Gasteiger partial charge on any atom is 0.254 e. The van der Waals surface area contributed by atoms with Crippen molar-refractivity contribution in [2.75, 3.05) is 34.2 Å². The molecule has 0 aliphatic carbocycles. The Morgan fingerprint density at radius 1 is 1.06 bits per heavy atom. The lowest BCUT2D eigenvalue weighted by Crippen LogP contribution is -2.36. The predicted molar refractivity (Wildman–Crippen MR) is 135 cm³/mol. The lowest BCUT2D eigenvalue weighted by atomic mass is 10.0. The standard InChI is InChI=1S/C25H27BrClN4O/c1-28(2)10-11-29(3)25(32)20-14-24(31(5)23-13-17(27)7-8-18(20)23)21-15-30(4)22-9-6-16(26)12-19(21)22/h6-9,12-15H,10-11H2,1-5H3/q+1. The van der Waals surface area contributed by atoms with Crippen LogP contribution in [0.25, 0.3) is 33.1 Å². The van der Waals surface area contributed by atoms with E-state index in [1.54, 1.807) is 4.90 Å². The molecule has 0 bridgehead atoms. The van der Waals surface area contributed by atoms with Gasteiger partial charge in [0.15, 0.2) is 0 Å². The molecule has 0 fully saturated rings. The van der Waals surface area contributed by atoms with E-state index in [-0.39, 0.29) is 5.91 Å². The third-order valence-corrected chi connectivity index (χ3v) is 6.67. The van der Waals surface area contributed by atoms with E-state index in [1.807, 2.05) is 65.6 Å². The molecule has 0 saturated carbocycles. The zero-order valence-corrected chi connectivity index (χ0v) is 21.3. The molecule has 1 amide bonds. The van der Waals surface area contributed by atoms with E-state index in [0.29, 0.717) is 17.1 Å².